The minimum Gasteiger partial charge on any atom is -0.0909 e. The average Bonchev–Trinajstić information content (AvgIpc) is 2.51. The molecule has 0 heterocycles. The Bertz CT molecular complexity index is 513. The van der Waals surface area contributed by atoms with Gasteiger partial charge in [-0.1, -0.05) is 63.1 Å². The molecule has 1 aromatic rings. The van der Waals surface area contributed by atoms with Crippen molar-refractivity contribution in [2.45, 2.75) is 51.9 Å². The Morgan fingerprint density at radius 2 is 1.75 bits per heavy atom. The number of allylic oxidation sites excluding steroid dienone is 3. The zero-order valence-corrected chi connectivity index (χ0v) is 12.7. The molecule has 106 valence electrons. The summed E-state index contributed by atoms with van der Waals surface area (Å²) in [4.78, 5) is 0. The van der Waals surface area contributed by atoms with E-state index < -0.39 is 0 Å². The maximum Gasteiger partial charge on any atom is -0.00853 e. The number of hydrogen-bond donors (Lipinski definition) is 0. The van der Waals surface area contributed by atoms with E-state index in [1.165, 1.54) is 60.8 Å². The second-order valence-electron chi connectivity index (χ2n) is 6.57. The molecule has 0 spiro atoms. The number of fused-ring (bicyclic) bond motifs is 1. The van der Waals surface area contributed by atoms with Crippen molar-refractivity contribution in [1.82, 2.24) is 0 Å². The van der Waals surface area contributed by atoms with Crippen LogP contribution in [-0.4, -0.2) is 0 Å². The van der Waals surface area contributed by atoms with Gasteiger partial charge in [-0.3, -0.25) is 0 Å². The molecule has 0 radical (unpaired) electrons. The normalized spacial score (nSPS) is 26.1. The third-order valence-corrected chi connectivity index (χ3v) is 5.35. The third kappa shape index (κ3) is 2.75. The minimum atomic E-state index is 0.895. The van der Waals surface area contributed by atoms with Crippen LogP contribution in [0.25, 0.3) is 5.57 Å². The predicted molar refractivity (Wildman–Crippen MR) is 87.6 cm³/mol. The maximum absolute atomic E-state index is 4.37. The average molecular weight is 266 g/mol. The highest BCUT2D eigenvalue weighted by atomic mass is 14.3. The summed E-state index contributed by atoms with van der Waals surface area (Å²) in [5.41, 5.74) is 5.62. The first-order valence-electron chi connectivity index (χ1n) is 8.24. The van der Waals surface area contributed by atoms with Crippen molar-refractivity contribution in [3.8, 4) is 0 Å². The topological polar surface area (TPSA) is 0 Å². The lowest BCUT2D eigenvalue weighted by atomic mass is 9.76. The first-order valence-corrected chi connectivity index (χ1v) is 8.24. The van der Waals surface area contributed by atoms with E-state index in [0.29, 0.717) is 0 Å². The molecule has 0 aromatic heterocycles. The lowest BCUT2D eigenvalue weighted by Crippen LogP contribution is -2.15. The van der Waals surface area contributed by atoms with Gasteiger partial charge in [-0.25, -0.2) is 0 Å². The second-order valence-corrected chi connectivity index (χ2v) is 6.57. The van der Waals surface area contributed by atoms with Crippen LogP contribution < -0.4 is 0 Å². The number of rotatable bonds is 3. The Labute approximate surface area is 123 Å². The van der Waals surface area contributed by atoms with Crippen LogP contribution in [0.1, 0.15) is 56.6 Å². The summed E-state index contributed by atoms with van der Waals surface area (Å²) in [6.45, 7) is 6.71. The van der Waals surface area contributed by atoms with E-state index in [0.717, 1.165) is 18.3 Å². The molecule has 0 amide bonds. The molecule has 1 aromatic carbocycles. The molecule has 0 atom stereocenters. The van der Waals surface area contributed by atoms with E-state index in [2.05, 4.69) is 43.8 Å². The van der Waals surface area contributed by atoms with Gasteiger partial charge < -0.3 is 0 Å². The van der Waals surface area contributed by atoms with Gasteiger partial charge in [0.25, 0.3) is 0 Å². The van der Waals surface area contributed by atoms with Gasteiger partial charge in [0, 0.05) is 0 Å². The van der Waals surface area contributed by atoms with Gasteiger partial charge in [-0.15, -0.1) is 0 Å². The highest BCUT2D eigenvalue weighted by molar-refractivity contribution is 5.81. The first kappa shape index (κ1) is 13.7. The van der Waals surface area contributed by atoms with Crippen molar-refractivity contribution in [2.75, 3.05) is 0 Å². The molecule has 0 heteroatoms. The van der Waals surface area contributed by atoms with Crippen LogP contribution >= 0.6 is 0 Å². The molecule has 0 nitrogen and oxygen atoms in total. The van der Waals surface area contributed by atoms with Crippen LogP contribution in [-0.2, 0) is 6.42 Å². The van der Waals surface area contributed by atoms with E-state index in [9.17, 15) is 0 Å². The lowest BCUT2D eigenvalue weighted by Gasteiger charge is -2.30. The van der Waals surface area contributed by atoms with Crippen LogP contribution in [0, 0.1) is 11.8 Å². The molecule has 0 aliphatic heterocycles. The Balaban J connectivity index is 1.65. The molecule has 2 aliphatic carbocycles. The highest BCUT2D eigenvalue weighted by Gasteiger charge is 2.23. The summed E-state index contributed by atoms with van der Waals surface area (Å²) in [5, 5.41) is 0. The fraction of sp³-hybridized carbons (Fsp3) is 0.500. The van der Waals surface area contributed by atoms with E-state index in [4.69, 9.17) is 0 Å². The predicted octanol–water partition coefficient (Wildman–Crippen LogP) is 5.79. The van der Waals surface area contributed by atoms with E-state index in [1.807, 2.05) is 0 Å². The summed E-state index contributed by atoms with van der Waals surface area (Å²) in [5.74, 6) is 1.89. The zero-order chi connectivity index (χ0) is 13.9. The molecule has 0 N–H and O–H groups in total. The standard InChI is InChI=1S/C20H26/c1-3-16-8-10-17(11-9-16)14-19-13-12-18-6-4-5-7-20(18)15(19)2/h4-7,13,16-17H,2-3,8-12,14H2,1H3. The molecule has 0 bridgehead atoms. The van der Waals surface area contributed by atoms with E-state index >= 15 is 0 Å². The quantitative estimate of drug-likeness (QED) is 0.649. The summed E-state index contributed by atoms with van der Waals surface area (Å²) in [6, 6.07) is 8.75. The summed E-state index contributed by atoms with van der Waals surface area (Å²) in [6.07, 6.45) is 11.9. The molecular weight excluding hydrogens is 240 g/mol. The van der Waals surface area contributed by atoms with E-state index in [-0.39, 0.29) is 0 Å². The SMILES string of the molecule is C=C1C(CC2CCC(CC)CC2)=CCc2ccccc21. The van der Waals surface area contributed by atoms with Gasteiger partial charge in [0.1, 0.15) is 0 Å². The number of hydrogen-bond acceptors (Lipinski definition) is 0. The van der Waals surface area contributed by atoms with Crippen LogP contribution in [0.3, 0.4) is 0 Å². The Hall–Kier alpha value is -1.30. The van der Waals surface area contributed by atoms with Crippen molar-refractivity contribution in [2.24, 2.45) is 11.8 Å². The van der Waals surface area contributed by atoms with Gasteiger partial charge in [0.2, 0.25) is 0 Å². The van der Waals surface area contributed by atoms with Crippen molar-refractivity contribution < 1.29 is 0 Å². The highest BCUT2D eigenvalue weighted by Crippen LogP contribution is 2.39. The second kappa shape index (κ2) is 5.99. The lowest BCUT2D eigenvalue weighted by molar-refractivity contribution is 0.269. The van der Waals surface area contributed by atoms with Crippen molar-refractivity contribution in [1.29, 1.82) is 0 Å². The van der Waals surface area contributed by atoms with Crippen LogP contribution in [0.5, 0.6) is 0 Å². The van der Waals surface area contributed by atoms with Crippen molar-refractivity contribution >= 4 is 5.57 Å². The zero-order valence-electron chi connectivity index (χ0n) is 12.7. The summed E-state index contributed by atoms with van der Waals surface area (Å²) in [7, 11) is 0. The molecule has 0 unspecified atom stereocenters. The summed E-state index contributed by atoms with van der Waals surface area (Å²) >= 11 is 0. The summed E-state index contributed by atoms with van der Waals surface area (Å²) < 4.78 is 0. The smallest absolute Gasteiger partial charge is 0.00853 e. The third-order valence-electron chi connectivity index (χ3n) is 5.35. The fourth-order valence-corrected chi connectivity index (χ4v) is 3.88. The Morgan fingerprint density at radius 3 is 2.50 bits per heavy atom. The molecule has 2 aliphatic rings. The maximum atomic E-state index is 4.37. The number of benzene rings is 1. The molecule has 3 rings (SSSR count). The Kier molecular flexibility index (Phi) is 4.10. The van der Waals surface area contributed by atoms with Crippen molar-refractivity contribution in [3.05, 3.63) is 53.6 Å². The fourth-order valence-electron chi connectivity index (χ4n) is 3.88. The van der Waals surface area contributed by atoms with Crippen LogP contribution in [0.4, 0.5) is 0 Å². The van der Waals surface area contributed by atoms with Gasteiger partial charge >= 0.3 is 0 Å². The molecular formula is C20H26. The van der Waals surface area contributed by atoms with Crippen LogP contribution in [0.2, 0.25) is 0 Å². The van der Waals surface area contributed by atoms with Crippen LogP contribution in [0.15, 0.2) is 42.5 Å². The van der Waals surface area contributed by atoms with Crippen molar-refractivity contribution in [3.63, 3.8) is 0 Å². The van der Waals surface area contributed by atoms with Gasteiger partial charge in [-0.2, -0.15) is 0 Å². The minimum absolute atomic E-state index is 0.895. The molecule has 0 saturated heterocycles. The van der Waals surface area contributed by atoms with Gasteiger partial charge in [0.05, 0.1) is 0 Å². The Morgan fingerprint density at radius 1 is 1.05 bits per heavy atom. The van der Waals surface area contributed by atoms with Gasteiger partial charge in [-0.05, 0) is 59.8 Å². The monoisotopic (exact) mass is 266 g/mol. The first-order chi connectivity index (χ1) is 9.78. The van der Waals surface area contributed by atoms with Gasteiger partial charge in [0.15, 0.2) is 0 Å². The molecule has 20 heavy (non-hydrogen) atoms. The molecule has 1 saturated carbocycles. The molecule has 1 fully saturated rings. The van der Waals surface area contributed by atoms with E-state index in [1.54, 1.807) is 0 Å². The largest absolute Gasteiger partial charge is 0.0909 e.